The fourth-order valence-electron chi connectivity index (χ4n) is 3.31. The number of hydrogen-bond acceptors (Lipinski definition) is 3. The zero-order valence-electron chi connectivity index (χ0n) is 16.2. The molecule has 1 atom stereocenters. The van der Waals surface area contributed by atoms with E-state index in [0.29, 0.717) is 19.6 Å². The topological polar surface area (TPSA) is 69.7 Å². The molecule has 0 saturated carbocycles. The van der Waals surface area contributed by atoms with E-state index in [9.17, 15) is 14.4 Å². The number of carbonyl (C=O) groups excluding carboxylic acids is 3. The Kier molecular flexibility index (Phi) is 6.09. The van der Waals surface area contributed by atoms with E-state index in [1.807, 2.05) is 68.4 Å². The molecule has 0 aliphatic carbocycles. The molecule has 0 spiro atoms. The maximum atomic E-state index is 12.7. The average molecular weight is 379 g/mol. The van der Waals surface area contributed by atoms with Gasteiger partial charge in [0.1, 0.15) is 6.54 Å². The minimum Gasteiger partial charge on any atom is -0.344 e. The van der Waals surface area contributed by atoms with E-state index in [-0.39, 0.29) is 18.5 Å². The van der Waals surface area contributed by atoms with Gasteiger partial charge in [0.05, 0.1) is 6.04 Å². The number of benzene rings is 2. The first kappa shape index (κ1) is 19.6. The summed E-state index contributed by atoms with van der Waals surface area (Å²) in [5.74, 6) is -1.45. The van der Waals surface area contributed by atoms with Crippen molar-refractivity contribution in [2.24, 2.45) is 0 Å². The zero-order valence-corrected chi connectivity index (χ0v) is 16.2. The van der Waals surface area contributed by atoms with Gasteiger partial charge in [0.25, 0.3) is 0 Å². The molecule has 3 amide bonds. The van der Waals surface area contributed by atoms with Crippen LogP contribution in [0.4, 0.5) is 0 Å². The molecule has 6 heteroatoms. The van der Waals surface area contributed by atoms with Crippen LogP contribution in [0, 0.1) is 6.92 Å². The first-order valence-electron chi connectivity index (χ1n) is 9.48. The Morgan fingerprint density at radius 3 is 2.14 bits per heavy atom. The molecule has 1 unspecified atom stereocenters. The summed E-state index contributed by atoms with van der Waals surface area (Å²) in [6.07, 6.45) is 0. The maximum Gasteiger partial charge on any atom is 0.312 e. The number of rotatable bonds is 6. The molecule has 0 radical (unpaired) electrons. The molecule has 6 nitrogen and oxygen atoms in total. The Labute approximate surface area is 165 Å². The highest BCUT2D eigenvalue weighted by Crippen LogP contribution is 2.22. The van der Waals surface area contributed by atoms with Gasteiger partial charge in [-0.05, 0) is 25.0 Å². The van der Waals surface area contributed by atoms with Crippen molar-refractivity contribution in [1.29, 1.82) is 0 Å². The molecule has 0 bridgehead atoms. The molecule has 2 aromatic carbocycles. The maximum absolute atomic E-state index is 12.7. The van der Waals surface area contributed by atoms with Crippen LogP contribution in [0.25, 0.3) is 0 Å². The van der Waals surface area contributed by atoms with E-state index in [0.717, 1.165) is 16.7 Å². The number of nitrogens with one attached hydrogen (secondary N) is 1. The lowest BCUT2D eigenvalue weighted by Gasteiger charge is -2.33. The van der Waals surface area contributed by atoms with Crippen molar-refractivity contribution >= 4 is 17.7 Å². The Hall–Kier alpha value is -3.15. The molecule has 146 valence electrons. The van der Waals surface area contributed by atoms with Crippen LogP contribution in [0.1, 0.15) is 29.7 Å². The molecule has 1 N–H and O–H groups in total. The number of hydrogen-bond donors (Lipinski definition) is 1. The van der Waals surface area contributed by atoms with Gasteiger partial charge in [-0.25, -0.2) is 0 Å². The smallest absolute Gasteiger partial charge is 0.312 e. The molecular weight excluding hydrogens is 354 g/mol. The van der Waals surface area contributed by atoms with Gasteiger partial charge >= 0.3 is 11.8 Å². The monoisotopic (exact) mass is 379 g/mol. The summed E-state index contributed by atoms with van der Waals surface area (Å²) in [7, 11) is 0. The van der Waals surface area contributed by atoms with Crippen molar-refractivity contribution in [2.75, 3.05) is 26.2 Å². The number of likely N-dealkylation sites (N-methyl/N-ethyl adjacent to an activating group) is 1. The van der Waals surface area contributed by atoms with Crippen LogP contribution >= 0.6 is 0 Å². The molecule has 28 heavy (non-hydrogen) atoms. The third-order valence-electron chi connectivity index (χ3n) is 4.96. The van der Waals surface area contributed by atoms with Crippen LogP contribution in [0.15, 0.2) is 54.6 Å². The van der Waals surface area contributed by atoms with E-state index in [2.05, 4.69) is 5.32 Å². The number of aryl methyl sites for hydroxylation is 1. The summed E-state index contributed by atoms with van der Waals surface area (Å²) in [4.78, 5) is 39.8. The third-order valence-corrected chi connectivity index (χ3v) is 4.96. The summed E-state index contributed by atoms with van der Waals surface area (Å²) in [6.45, 7) is 5.03. The summed E-state index contributed by atoms with van der Waals surface area (Å²) in [5, 5.41) is 3.02. The second-order valence-corrected chi connectivity index (χ2v) is 6.93. The van der Waals surface area contributed by atoms with E-state index >= 15 is 0 Å². The van der Waals surface area contributed by atoms with Gasteiger partial charge in [0.2, 0.25) is 5.91 Å². The Balaban J connectivity index is 1.74. The van der Waals surface area contributed by atoms with Crippen molar-refractivity contribution in [3.05, 3.63) is 71.3 Å². The highest BCUT2D eigenvalue weighted by atomic mass is 16.2. The highest BCUT2D eigenvalue weighted by Gasteiger charge is 2.32. The largest absolute Gasteiger partial charge is 0.344 e. The van der Waals surface area contributed by atoms with Crippen molar-refractivity contribution in [1.82, 2.24) is 15.1 Å². The molecule has 2 aromatic rings. The molecule has 1 aliphatic heterocycles. The summed E-state index contributed by atoms with van der Waals surface area (Å²) < 4.78 is 0. The minimum atomic E-state index is -0.616. The lowest BCUT2D eigenvalue weighted by atomic mass is 9.98. The van der Waals surface area contributed by atoms with Gasteiger partial charge in [-0.15, -0.1) is 0 Å². The van der Waals surface area contributed by atoms with Gasteiger partial charge in [-0.2, -0.15) is 0 Å². The quantitative estimate of drug-likeness (QED) is 0.780. The third kappa shape index (κ3) is 4.39. The number of piperazine rings is 1. The lowest BCUT2D eigenvalue weighted by molar-refractivity contribution is -0.156. The standard InChI is InChI=1S/C22H25N3O3/c1-3-24-13-14-25(22(28)21(24)27)15-19(26)23-20(17-7-5-4-6-8-17)18-11-9-16(2)10-12-18/h4-12,20H,3,13-15H2,1-2H3,(H,23,26). The van der Waals surface area contributed by atoms with Crippen molar-refractivity contribution < 1.29 is 14.4 Å². The van der Waals surface area contributed by atoms with E-state index < -0.39 is 11.8 Å². The molecule has 1 saturated heterocycles. The number of carbonyl (C=O) groups is 3. The Morgan fingerprint density at radius 2 is 1.50 bits per heavy atom. The van der Waals surface area contributed by atoms with Crippen molar-refractivity contribution in [2.45, 2.75) is 19.9 Å². The van der Waals surface area contributed by atoms with E-state index in [4.69, 9.17) is 0 Å². The van der Waals surface area contributed by atoms with Crippen LogP contribution in [0.2, 0.25) is 0 Å². The Bertz CT molecular complexity index is 849. The van der Waals surface area contributed by atoms with Crippen molar-refractivity contribution in [3.63, 3.8) is 0 Å². The SMILES string of the molecule is CCN1CCN(CC(=O)NC(c2ccccc2)c2ccc(C)cc2)C(=O)C1=O. The van der Waals surface area contributed by atoms with E-state index in [1.54, 1.807) is 0 Å². The normalized spacial score (nSPS) is 15.5. The van der Waals surface area contributed by atoms with Crippen LogP contribution in [-0.2, 0) is 14.4 Å². The number of amides is 3. The van der Waals surface area contributed by atoms with Gasteiger partial charge in [0.15, 0.2) is 0 Å². The molecule has 1 heterocycles. The van der Waals surface area contributed by atoms with Gasteiger partial charge in [0, 0.05) is 19.6 Å². The van der Waals surface area contributed by atoms with E-state index in [1.165, 1.54) is 9.80 Å². The predicted molar refractivity (Wildman–Crippen MR) is 106 cm³/mol. The van der Waals surface area contributed by atoms with Gasteiger partial charge in [-0.1, -0.05) is 60.2 Å². The second-order valence-electron chi connectivity index (χ2n) is 6.93. The van der Waals surface area contributed by atoms with Crippen LogP contribution in [0.3, 0.4) is 0 Å². The van der Waals surface area contributed by atoms with Gasteiger partial charge in [-0.3, -0.25) is 14.4 Å². The first-order chi connectivity index (χ1) is 13.5. The summed E-state index contributed by atoms with van der Waals surface area (Å²) in [6, 6.07) is 17.4. The van der Waals surface area contributed by atoms with Gasteiger partial charge < -0.3 is 15.1 Å². The molecule has 0 aromatic heterocycles. The second kappa shape index (κ2) is 8.69. The minimum absolute atomic E-state index is 0.128. The summed E-state index contributed by atoms with van der Waals surface area (Å²) in [5.41, 5.74) is 3.06. The molecule has 1 aliphatic rings. The number of nitrogens with zero attached hydrogens (tertiary/aromatic N) is 2. The molecule has 3 rings (SSSR count). The molecular formula is C22H25N3O3. The fourth-order valence-corrected chi connectivity index (χ4v) is 3.31. The first-order valence-corrected chi connectivity index (χ1v) is 9.48. The average Bonchev–Trinajstić information content (AvgIpc) is 2.71. The van der Waals surface area contributed by atoms with Crippen molar-refractivity contribution in [3.8, 4) is 0 Å². The fraction of sp³-hybridized carbons (Fsp3) is 0.318. The molecule has 1 fully saturated rings. The van der Waals surface area contributed by atoms with Crippen LogP contribution < -0.4 is 5.32 Å². The van der Waals surface area contributed by atoms with Crippen LogP contribution in [0.5, 0.6) is 0 Å². The summed E-state index contributed by atoms with van der Waals surface area (Å²) >= 11 is 0. The highest BCUT2D eigenvalue weighted by molar-refractivity contribution is 6.35. The Morgan fingerprint density at radius 1 is 0.929 bits per heavy atom. The predicted octanol–water partition coefficient (Wildman–Crippen LogP) is 1.89. The zero-order chi connectivity index (χ0) is 20.1. The lowest BCUT2D eigenvalue weighted by Crippen LogP contribution is -2.56. The van der Waals surface area contributed by atoms with Crippen LogP contribution in [-0.4, -0.2) is 53.7 Å².